The Morgan fingerprint density at radius 1 is 1.31 bits per heavy atom. The number of hydrogen-bond acceptors (Lipinski definition) is 1. The second kappa shape index (κ2) is 4.28. The lowest BCUT2D eigenvalue weighted by atomic mass is 10.0. The molecule has 0 bridgehead atoms. The van der Waals surface area contributed by atoms with Crippen LogP contribution in [0.15, 0.2) is 18.2 Å². The zero-order valence-electron chi connectivity index (χ0n) is 6.93. The minimum Gasteiger partial charge on any atom is -0.330 e. The Balaban J connectivity index is 2.99. The number of alkyl halides is 1. The number of nitrogens with two attached hydrogens (primary N) is 1. The van der Waals surface area contributed by atoms with Crippen LogP contribution in [0, 0.1) is 11.6 Å². The van der Waals surface area contributed by atoms with Crippen molar-refractivity contribution in [3.8, 4) is 0 Å². The van der Waals surface area contributed by atoms with Crippen molar-refractivity contribution in [1.29, 1.82) is 0 Å². The van der Waals surface area contributed by atoms with Gasteiger partial charge in [0.25, 0.3) is 0 Å². The van der Waals surface area contributed by atoms with Gasteiger partial charge in [0.15, 0.2) is 0 Å². The molecule has 13 heavy (non-hydrogen) atoms. The molecule has 0 aromatic heterocycles. The lowest BCUT2D eigenvalue weighted by Gasteiger charge is -2.11. The van der Waals surface area contributed by atoms with E-state index < -0.39 is 24.2 Å². The summed E-state index contributed by atoms with van der Waals surface area (Å²) in [5.74, 6) is -2.09. The van der Waals surface area contributed by atoms with Crippen LogP contribution in [0.4, 0.5) is 13.2 Å². The van der Waals surface area contributed by atoms with Crippen molar-refractivity contribution < 1.29 is 13.2 Å². The summed E-state index contributed by atoms with van der Waals surface area (Å²) in [6.07, 6.45) is 0. The third-order valence-corrected chi connectivity index (χ3v) is 1.87. The zero-order valence-corrected chi connectivity index (χ0v) is 6.93. The van der Waals surface area contributed by atoms with E-state index in [1.54, 1.807) is 0 Å². The second-order valence-corrected chi connectivity index (χ2v) is 2.75. The van der Waals surface area contributed by atoms with Crippen LogP contribution in [0.1, 0.15) is 11.5 Å². The van der Waals surface area contributed by atoms with Gasteiger partial charge < -0.3 is 5.73 Å². The Labute approximate surface area is 74.4 Å². The summed E-state index contributed by atoms with van der Waals surface area (Å²) in [6, 6.07) is 3.05. The highest BCUT2D eigenvalue weighted by molar-refractivity contribution is 5.23. The van der Waals surface area contributed by atoms with E-state index >= 15 is 0 Å². The summed E-state index contributed by atoms with van der Waals surface area (Å²) in [5.41, 5.74) is 5.35. The minimum absolute atomic E-state index is 0.0129. The molecule has 0 fully saturated rings. The maximum Gasteiger partial charge on any atom is 0.129 e. The first-order valence-corrected chi connectivity index (χ1v) is 3.90. The summed E-state index contributed by atoms with van der Waals surface area (Å²) < 4.78 is 37.7. The van der Waals surface area contributed by atoms with Gasteiger partial charge in [-0.05, 0) is 11.6 Å². The molecule has 4 heteroatoms. The van der Waals surface area contributed by atoms with Crippen molar-refractivity contribution in [2.75, 3.05) is 13.2 Å². The van der Waals surface area contributed by atoms with Crippen LogP contribution in [-0.2, 0) is 0 Å². The van der Waals surface area contributed by atoms with Crippen LogP contribution in [0.3, 0.4) is 0 Å². The molecule has 0 saturated heterocycles. The summed E-state index contributed by atoms with van der Waals surface area (Å²) in [5, 5.41) is 0. The normalized spacial score (nSPS) is 12.9. The standard InChI is InChI=1S/C9H10F3N/c10-4-6(5-13)8-2-1-7(11)3-9(8)12/h1-3,6H,4-5,13H2. The molecule has 0 aliphatic heterocycles. The summed E-state index contributed by atoms with van der Waals surface area (Å²) in [7, 11) is 0. The molecule has 0 aliphatic rings. The van der Waals surface area contributed by atoms with E-state index in [1.165, 1.54) is 6.07 Å². The molecule has 0 spiro atoms. The van der Waals surface area contributed by atoms with Gasteiger partial charge in [-0.2, -0.15) is 0 Å². The smallest absolute Gasteiger partial charge is 0.129 e. The van der Waals surface area contributed by atoms with Crippen molar-refractivity contribution in [2.45, 2.75) is 5.92 Å². The van der Waals surface area contributed by atoms with Crippen molar-refractivity contribution in [3.63, 3.8) is 0 Å². The van der Waals surface area contributed by atoms with Crippen molar-refractivity contribution in [2.24, 2.45) is 5.73 Å². The van der Waals surface area contributed by atoms with E-state index in [-0.39, 0.29) is 12.1 Å². The summed E-state index contributed by atoms with van der Waals surface area (Å²) in [4.78, 5) is 0. The molecular formula is C9H10F3N. The molecule has 1 atom stereocenters. The maximum atomic E-state index is 13.0. The summed E-state index contributed by atoms with van der Waals surface area (Å²) in [6.45, 7) is -0.724. The molecule has 72 valence electrons. The fraction of sp³-hybridized carbons (Fsp3) is 0.333. The van der Waals surface area contributed by atoms with Crippen LogP contribution in [0.25, 0.3) is 0 Å². The quantitative estimate of drug-likeness (QED) is 0.773. The van der Waals surface area contributed by atoms with Gasteiger partial charge in [-0.3, -0.25) is 4.39 Å². The van der Waals surface area contributed by atoms with Gasteiger partial charge in [-0.1, -0.05) is 6.07 Å². The predicted octanol–water partition coefficient (Wildman–Crippen LogP) is 1.98. The van der Waals surface area contributed by atoms with Crippen molar-refractivity contribution >= 4 is 0 Å². The molecule has 2 N–H and O–H groups in total. The first kappa shape index (κ1) is 10.1. The second-order valence-electron chi connectivity index (χ2n) is 2.75. The van der Waals surface area contributed by atoms with E-state index in [1.807, 2.05) is 0 Å². The van der Waals surface area contributed by atoms with Crippen LogP contribution in [-0.4, -0.2) is 13.2 Å². The predicted molar refractivity (Wildman–Crippen MR) is 44.1 cm³/mol. The molecule has 1 unspecified atom stereocenters. The average molecular weight is 189 g/mol. The van der Waals surface area contributed by atoms with Gasteiger partial charge in [-0.25, -0.2) is 8.78 Å². The first-order valence-electron chi connectivity index (χ1n) is 3.90. The third kappa shape index (κ3) is 2.21. The number of hydrogen-bond donors (Lipinski definition) is 1. The van der Waals surface area contributed by atoms with E-state index in [9.17, 15) is 13.2 Å². The van der Waals surface area contributed by atoms with Crippen LogP contribution in [0.2, 0.25) is 0 Å². The van der Waals surface area contributed by atoms with Gasteiger partial charge in [0, 0.05) is 18.5 Å². The average Bonchev–Trinajstić information content (AvgIpc) is 2.10. The molecule has 1 aromatic carbocycles. The van der Waals surface area contributed by atoms with Gasteiger partial charge in [0.1, 0.15) is 11.6 Å². The highest BCUT2D eigenvalue weighted by Crippen LogP contribution is 2.19. The monoisotopic (exact) mass is 189 g/mol. The van der Waals surface area contributed by atoms with Gasteiger partial charge in [0.2, 0.25) is 0 Å². The Morgan fingerprint density at radius 3 is 2.46 bits per heavy atom. The number of benzene rings is 1. The van der Waals surface area contributed by atoms with E-state index in [0.29, 0.717) is 0 Å². The van der Waals surface area contributed by atoms with E-state index in [4.69, 9.17) is 5.73 Å². The van der Waals surface area contributed by atoms with Crippen LogP contribution >= 0.6 is 0 Å². The molecule has 0 radical (unpaired) electrons. The Morgan fingerprint density at radius 2 is 2.00 bits per heavy atom. The fourth-order valence-electron chi connectivity index (χ4n) is 1.11. The minimum atomic E-state index is -0.742. The fourth-order valence-corrected chi connectivity index (χ4v) is 1.11. The molecule has 0 aliphatic carbocycles. The lowest BCUT2D eigenvalue weighted by Crippen LogP contribution is -2.15. The Bertz CT molecular complexity index is 284. The van der Waals surface area contributed by atoms with E-state index in [2.05, 4.69) is 0 Å². The molecule has 0 amide bonds. The largest absolute Gasteiger partial charge is 0.330 e. The van der Waals surface area contributed by atoms with Gasteiger partial charge >= 0.3 is 0 Å². The SMILES string of the molecule is NCC(CF)c1ccc(F)cc1F. The maximum absolute atomic E-state index is 13.0. The Hall–Kier alpha value is -1.03. The Kier molecular flexibility index (Phi) is 3.31. The van der Waals surface area contributed by atoms with E-state index in [0.717, 1.165) is 12.1 Å². The number of rotatable bonds is 3. The van der Waals surface area contributed by atoms with Crippen LogP contribution < -0.4 is 5.73 Å². The van der Waals surface area contributed by atoms with Crippen LogP contribution in [0.5, 0.6) is 0 Å². The van der Waals surface area contributed by atoms with Gasteiger partial charge in [-0.15, -0.1) is 0 Å². The third-order valence-electron chi connectivity index (χ3n) is 1.87. The zero-order chi connectivity index (χ0) is 9.84. The first-order chi connectivity index (χ1) is 6.19. The molecule has 0 heterocycles. The number of halogens is 3. The molecule has 0 saturated carbocycles. The molecule has 1 nitrogen and oxygen atoms in total. The van der Waals surface area contributed by atoms with Crippen molar-refractivity contribution in [1.82, 2.24) is 0 Å². The highest BCUT2D eigenvalue weighted by Gasteiger charge is 2.14. The van der Waals surface area contributed by atoms with Gasteiger partial charge in [0.05, 0.1) is 6.67 Å². The highest BCUT2D eigenvalue weighted by atomic mass is 19.1. The van der Waals surface area contributed by atoms with Crippen molar-refractivity contribution in [3.05, 3.63) is 35.4 Å². The lowest BCUT2D eigenvalue weighted by molar-refractivity contribution is 0.423. The molecule has 1 rings (SSSR count). The molecular weight excluding hydrogens is 179 g/mol. The summed E-state index contributed by atoms with van der Waals surface area (Å²) >= 11 is 0. The molecule has 1 aromatic rings. The topological polar surface area (TPSA) is 26.0 Å².